The molecule has 0 aliphatic carbocycles. The lowest BCUT2D eigenvalue weighted by Crippen LogP contribution is -2.32. The fraction of sp³-hybridized carbons (Fsp3) is 0.188. The molecule has 0 amide bonds. The summed E-state index contributed by atoms with van der Waals surface area (Å²) in [5.74, 6) is 0.844. The van der Waals surface area contributed by atoms with Gasteiger partial charge in [0.2, 0.25) is 11.7 Å². The van der Waals surface area contributed by atoms with Gasteiger partial charge < -0.3 is 0 Å². The van der Waals surface area contributed by atoms with Crippen LogP contribution >= 0.6 is 0 Å². The van der Waals surface area contributed by atoms with E-state index in [0.29, 0.717) is 11.7 Å². The lowest BCUT2D eigenvalue weighted by Gasteiger charge is -2.13. The predicted octanol–water partition coefficient (Wildman–Crippen LogP) is 6.88. The summed E-state index contributed by atoms with van der Waals surface area (Å²) < 4.78 is 0. The van der Waals surface area contributed by atoms with E-state index in [1.165, 1.54) is 11.1 Å². The molecule has 0 bridgehead atoms. The Morgan fingerprint density at radius 1 is 0.475 bits per heavy atom. The predicted molar refractivity (Wildman–Crippen MR) is 161 cm³/mol. The number of benzene rings is 4. The minimum atomic E-state index is 0.422. The van der Waals surface area contributed by atoms with Crippen LogP contribution in [-0.2, 0) is 0 Å². The van der Waals surface area contributed by atoms with E-state index in [1.807, 2.05) is 48.5 Å². The highest BCUT2D eigenvalue weighted by atomic mass is 15.5. The van der Waals surface area contributed by atoms with Crippen molar-refractivity contribution in [1.29, 1.82) is 0 Å². The van der Waals surface area contributed by atoms with Gasteiger partial charge in [0.25, 0.3) is 0 Å². The van der Waals surface area contributed by atoms with Gasteiger partial charge >= 0.3 is 0 Å². The summed E-state index contributed by atoms with van der Waals surface area (Å²) >= 11 is 0. The molecule has 0 radical (unpaired) electrons. The monoisotopic (exact) mass is 526 g/mol. The number of rotatable bonds is 2. The maximum Gasteiger partial charge on any atom is 0.222 e. The normalized spacial score (nSPS) is 12.6. The van der Waals surface area contributed by atoms with Crippen LogP contribution in [0.3, 0.4) is 0 Å². The SMILES string of the molecule is Cc1cc(C)c(N=C(C(=Nc2c(C)cc(C)cc2C)n2nc3ccccc3n2)n2nc3ccccc3n2)c(C)c1. The largest absolute Gasteiger partial charge is 0.224 e. The standard InChI is InChI=1S/C32H30N8/c1-19-15-21(3)29(22(4)16-19)33-31(39-35-25-11-7-8-12-26(25)36-39)32(34-30-23(5)17-20(2)18-24(30)6)40-37-27-13-9-10-14-28(27)38-40/h7-18H,1-6H3. The van der Waals surface area contributed by atoms with Crippen LogP contribution in [0.25, 0.3) is 22.1 Å². The van der Waals surface area contributed by atoms with Gasteiger partial charge in [0.15, 0.2) is 0 Å². The van der Waals surface area contributed by atoms with Gasteiger partial charge in [-0.1, -0.05) is 59.7 Å². The molecule has 0 atom stereocenters. The molecule has 0 N–H and O–H groups in total. The van der Waals surface area contributed by atoms with E-state index >= 15 is 0 Å². The molecule has 40 heavy (non-hydrogen) atoms. The van der Waals surface area contributed by atoms with Gasteiger partial charge in [-0.15, -0.1) is 30.0 Å². The third-order valence-corrected chi connectivity index (χ3v) is 6.86. The summed E-state index contributed by atoms with van der Waals surface area (Å²) in [5, 5.41) is 19.2. The summed E-state index contributed by atoms with van der Waals surface area (Å²) in [4.78, 5) is 13.5. The highest BCUT2D eigenvalue weighted by molar-refractivity contribution is 6.42. The third kappa shape index (κ3) is 4.68. The van der Waals surface area contributed by atoms with Crippen molar-refractivity contribution in [3.8, 4) is 0 Å². The fourth-order valence-electron chi connectivity index (χ4n) is 5.19. The highest BCUT2D eigenvalue weighted by Crippen LogP contribution is 2.28. The van der Waals surface area contributed by atoms with Crippen molar-refractivity contribution in [2.45, 2.75) is 41.5 Å². The quantitative estimate of drug-likeness (QED) is 0.182. The number of aryl methyl sites for hydroxylation is 6. The van der Waals surface area contributed by atoms with E-state index in [1.54, 1.807) is 9.59 Å². The zero-order valence-electron chi connectivity index (χ0n) is 23.5. The average Bonchev–Trinajstić information content (AvgIpc) is 3.53. The Morgan fingerprint density at radius 2 is 0.750 bits per heavy atom. The van der Waals surface area contributed by atoms with Crippen LogP contribution in [0, 0.1) is 41.5 Å². The van der Waals surface area contributed by atoms with E-state index in [4.69, 9.17) is 30.4 Å². The second-order valence-electron chi connectivity index (χ2n) is 10.3. The van der Waals surface area contributed by atoms with Crippen LogP contribution in [0.5, 0.6) is 0 Å². The van der Waals surface area contributed by atoms with E-state index in [9.17, 15) is 0 Å². The molecule has 0 aliphatic rings. The average molecular weight is 527 g/mol. The van der Waals surface area contributed by atoms with Gasteiger partial charge in [-0.2, -0.15) is 0 Å². The fourth-order valence-corrected chi connectivity index (χ4v) is 5.19. The van der Waals surface area contributed by atoms with Crippen LogP contribution in [0.4, 0.5) is 11.4 Å². The Kier molecular flexibility index (Phi) is 6.30. The Hall–Kier alpha value is -4.98. The van der Waals surface area contributed by atoms with Crippen LogP contribution in [0.15, 0.2) is 82.8 Å². The van der Waals surface area contributed by atoms with Crippen LogP contribution in [0.2, 0.25) is 0 Å². The molecule has 2 aromatic heterocycles. The Labute approximate surface area is 232 Å². The summed E-state index contributed by atoms with van der Waals surface area (Å²) in [6.07, 6.45) is 0. The second kappa shape index (κ2) is 9.96. The molecule has 8 heteroatoms. The van der Waals surface area contributed by atoms with Crippen LogP contribution in [-0.4, -0.2) is 41.7 Å². The van der Waals surface area contributed by atoms with E-state index in [2.05, 4.69) is 65.8 Å². The van der Waals surface area contributed by atoms with Crippen molar-refractivity contribution in [2.75, 3.05) is 0 Å². The number of nitrogens with zero attached hydrogens (tertiary/aromatic N) is 8. The molecule has 0 spiro atoms. The number of aromatic nitrogens is 6. The van der Waals surface area contributed by atoms with Crippen molar-refractivity contribution < 1.29 is 0 Å². The highest BCUT2D eigenvalue weighted by Gasteiger charge is 2.23. The number of fused-ring (bicyclic) bond motifs is 2. The molecule has 2 heterocycles. The van der Waals surface area contributed by atoms with Crippen molar-refractivity contribution in [2.24, 2.45) is 9.98 Å². The molecule has 0 aliphatic heterocycles. The van der Waals surface area contributed by atoms with Crippen molar-refractivity contribution in [1.82, 2.24) is 30.0 Å². The molecule has 0 fully saturated rings. The lowest BCUT2D eigenvalue weighted by molar-refractivity contribution is 0.786. The summed E-state index contributed by atoms with van der Waals surface area (Å²) in [6, 6.07) is 24.0. The first-order chi connectivity index (χ1) is 19.3. The lowest BCUT2D eigenvalue weighted by atomic mass is 10.1. The van der Waals surface area contributed by atoms with Crippen molar-refractivity contribution in [3.63, 3.8) is 0 Å². The Balaban J connectivity index is 1.70. The van der Waals surface area contributed by atoms with Crippen LogP contribution < -0.4 is 0 Å². The van der Waals surface area contributed by atoms with Crippen LogP contribution in [0.1, 0.15) is 33.4 Å². The zero-order chi connectivity index (χ0) is 28.0. The van der Waals surface area contributed by atoms with Gasteiger partial charge in [-0.25, -0.2) is 9.98 Å². The van der Waals surface area contributed by atoms with E-state index in [-0.39, 0.29) is 0 Å². The van der Waals surface area contributed by atoms with E-state index in [0.717, 1.165) is 55.7 Å². The second-order valence-corrected chi connectivity index (χ2v) is 10.3. The minimum Gasteiger partial charge on any atom is -0.224 e. The molecule has 6 rings (SSSR count). The molecule has 0 saturated carbocycles. The molecular weight excluding hydrogens is 496 g/mol. The molecule has 6 aromatic rings. The number of hydrogen-bond acceptors (Lipinski definition) is 6. The molecule has 0 unspecified atom stereocenters. The first kappa shape index (κ1) is 25.3. The summed E-state index contributed by atoms with van der Waals surface area (Å²) in [6.45, 7) is 12.4. The maximum absolute atomic E-state index is 5.21. The number of aliphatic imine (C=N–C) groups is 2. The molecule has 4 aromatic carbocycles. The smallest absolute Gasteiger partial charge is 0.222 e. The van der Waals surface area contributed by atoms with Gasteiger partial charge in [-0.3, -0.25) is 0 Å². The Morgan fingerprint density at radius 3 is 1.02 bits per heavy atom. The minimum absolute atomic E-state index is 0.422. The molecule has 198 valence electrons. The maximum atomic E-state index is 5.21. The van der Waals surface area contributed by atoms with Gasteiger partial charge in [0.05, 0.1) is 11.4 Å². The number of hydrogen-bond donors (Lipinski definition) is 0. The molecular formula is C32H30N8. The zero-order valence-corrected chi connectivity index (χ0v) is 23.5. The molecule has 8 nitrogen and oxygen atoms in total. The van der Waals surface area contributed by atoms with Gasteiger partial charge in [0, 0.05) is 0 Å². The van der Waals surface area contributed by atoms with Crippen molar-refractivity contribution >= 4 is 45.1 Å². The first-order valence-electron chi connectivity index (χ1n) is 13.3. The molecule has 0 saturated heterocycles. The van der Waals surface area contributed by atoms with E-state index < -0.39 is 0 Å². The topological polar surface area (TPSA) is 86.1 Å². The van der Waals surface area contributed by atoms with Crippen molar-refractivity contribution in [3.05, 3.63) is 106 Å². The third-order valence-electron chi connectivity index (χ3n) is 6.86. The summed E-state index contributed by atoms with van der Waals surface area (Å²) in [5.41, 5.74) is 11.3. The first-order valence-corrected chi connectivity index (χ1v) is 13.3. The van der Waals surface area contributed by atoms with Gasteiger partial charge in [0.1, 0.15) is 22.1 Å². The van der Waals surface area contributed by atoms with Gasteiger partial charge in [-0.05, 0) is 88.1 Å². The Bertz CT molecular complexity index is 1720. The summed E-state index contributed by atoms with van der Waals surface area (Å²) in [7, 11) is 0.